The van der Waals surface area contributed by atoms with Gasteiger partial charge in [0.2, 0.25) is 0 Å². The average Bonchev–Trinajstić information content (AvgIpc) is 2.45. The maximum Gasteiger partial charge on any atom is 0.326 e. The summed E-state index contributed by atoms with van der Waals surface area (Å²) in [7, 11) is 0. The molecular formula is C16H19N3O2. The Kier molecular flexibility index (Phi) is 4.87. The lowest BCUT2D eigenvalue weighted by atomic mass is 10.1. The molecule has 0 spiro atoms. The van der Waals surface area contributed by atoms with Gasteiger partial charge in [0, 0.05) is 12.6 Å². The van der Waals surface area contributed by atoms with Crippen molar-refractivity contribution < 1.29 is 9.90 Å². The van der Waals surface area contributed by atoms with Crippen molar-refractivity contribution in [3.8, 4) is 0 Å². The Morgan fingerprint density at radius 2 is 1.95 bits per heavy atom. The fourth-order valence-electron chi connectivity index (χ4n) is 2.02. The SMILES string of the molecule is CC(C)[C@@H](Nc1ccnc(Cc2ccccc2)n1)C(=O)O. The van der Waals surface area contributed by atoms with Crippen LogP contribution >= 0.6 is 0 Å². The number of nitrogens with zero attached hydrogens (tertiary/aromatic N) is 2. The van der Waals surface area contributed by atoms with Crippen molar-refractivity contribution in [2.24, 2.45) is 5.92 Å². The Labute approximate surface area is 124 Å². The Morgan fingerprint density at radius 1 is 1.24 bits per heavy atom. The molecule has 0 saturated heterocycles. The van der Waals surface area contributed by atoms with Crippen LogP contribution in [0, 0.1) is 5.92 Å². The van der Waals surface area contributed by atoms with E-state index in [0.717, 1.165) is 5.56 Å². The number of carboxylic acid groups (broad SMARTS) is 1. The Bertz CT molecular complexity index is 599. The summed E-state index contributed by atoms with van der Waals surface area (Å²) in [6.45, 7) is 3.72. The van der Waals surface area contributed by atoms with Crippen LogP contribution in [0.5, 0.6) is 0 Å². The van der Waals surface area contributed by atoms with Crippen LogP contribution in [0.3, 0.4) is 0 Å². The van der Waals surface area contributed by atoms with Gasteiger partial charge in [-0.15, -0.1) is 0 Å². The molecule has 1 atom stereocenters. The highest BCUT2D eigenvalue weighted by Gasteiger charge is 2.21. The standard InChI is InChI=1S/C16H19N3O2/c1-11(2)15(16(20)21)19-13-8-9-17-14(18-13)10-12-6-4-3-5-7-12/h3-9,11,15H,10H2,1-2H3,(H,20,21)(H,17,18,19)/t15-/m1/s1. The summed E-state index contributed by atoms with van der Waals surface area (Å²) in [5.41, 5.74) is 1.12. The van der Waals surface area contributed by atoms with Gasteiger partial charge in [0.1, 0.15) is 17.7 Å². The fourth-order valence-corrected chi connectivity index (χ4v) is 2.02. The fraction of sp³-hybridized carbons (Fsp3) is 0.312. The van der Waals surface area contributed by atoms with Gasteiger partial charge in [0.25, 0.3) is 0 Å². The molecule has 0 aliphatic heterocycles. The monoisotopic (exact) mass is 285 g/mol. The van der Waals surface area contributed by atoms with E-state index in [-0.39, 0.29) is 5.92 Å². The lowest BCUT2D eigenvalue weighted by Crippen LogP contribution is -2.34. The first-order valence-electron chi connectivity index (χ1n) is 6.91. The normalized spacial score (nSPS) is 12.1. The van der Waals surface area contributed by atoms with Crippen LogP contribution in [0.4, 0.5) is 5.82 Å². The van der Waals surface area contributed by atoms with Crippen molar-refractivity contribution in [2.75, 3.05) is 5.32 Å². The van der Waals surface area contributed by atoms with Crippen LogP contribution in [0.15, 0.2) is 42.6 Å². The zero-order chi connectivity index (χ0) is 15.2. The number of aromatic nitrogens is 2. The van der Waals surface area contributed by atoms with Crippen molar-refractivity contribution in [3.05, 3.63) is 54.0 Å². The maximum atomic E-state index is 11.2. The van der Waals surface area contributed by atoms with Crippen LogP contribution in [0.25, 0.3) is 0 Å². The van der Waals surface area contributed by atoms with Gasteiger partial charge in [0.05, 0.1) is 0 Å². The summed E-state index contributed by atoms with van der Waals surface area (Å²) in [6.07, 6.45) is 2.27. The predicted octanol–water partition coefficient (Wildman–Crippen LogP) is 2.59. The van der Waals surface area contributed by atoms with Crippen LogP contribution in [-0.2, 0) is 11.2 Å². The van der Waals surface area contributed by atoms with E-state index in [1.807, 2.05) is 44.2 Å². The second-order valence-electron chi connectivity index (χ2n) is 5.22. The largest absolute Gasteiger partial charge is 0.480 e. The van der Waals surface area contributed by atoms with E-state index in [2.05, 4.69) is 15.3 Å². The van der Waals surface area contributed by atoms with Gasteiger partial charge in [-0.2, -0.15) is 0 Å². The molecule has 0 amide bonds. The molecule has 1 aromatic heterocycles. The molecule has 0 aliphatic carbocycles. The number of carboxylic acids is 1. The minimum Gasteiger partial charge on any atom is -0.480 e. The molecule has 0 saturated carbocycles. The summed E-state index contributed by atoms with van der Waals surface area (Å²) in [6, 6.07) is 10.9. The molecule has 5 heteroatoms. The number of hydrogen-bond donors (Lipinski definition) is 2. The third-order valence-electron chi connectivity index (χ3n) is 3.15. The average molecular weight is 285 g/mol. The Morgan fingerprint density at radius 3 is 2.57 bits per heavy atom. The molecule has 2 N–H and O–H groups in total. The van der Waals surface area contributed by atoms with Crippen LogP contribution < -0.4 is 5.32 Å². The smallest absolute Gasteiger partial charge is 0.326 e. The molecule has 21 heavy (non-hydrogen) atoms. The first kappa shape index (κ1) is 15.0. The summed E-state index contributed by atoms with van der Waals surface area (Å²) >= 11 is 0. The van der Waals surface area contributed by atoms with Crippen LogP contribution in [-0.4, -0.2) is 27.1 Å². The van der Waals surface area contributed by atoms with Crippen molar-refractivity contribution in [2.45, 2.75) is 26.3 Å². The minimum atomic E-state index is -0.881. The number of hydrogen-bond acceptors (Lipinski definition) is 4. The number of nitrogens with one attached hydrogen (secondary N) is 1. The summed E-state index contributed by atoms with van der Waals surface area (Å²) < 4.78 is 0. The van der Waals surface area contributed by atoms with Gasteiger partial charge in [-0.25, -0.2) is 14.8 Å². The third-order valence-corrected chi connectivity index (χ3v) is 3.15. The van der Waals surface area contributed by atoms with E-state index in [1.54, 1.807) is 12.3 Å². The molecular weight excluding hydrogens is 266 g/mol. The summed E-state index contributed by atoms with van der Waals surface area (Å²) in [5, 5.41) is 12.2. The molecule has 0 unspecified atom stereocenters. The van der Waals surface area contributed by atoms with Gasteiger partial charge in [0.15, 0.2) is 0 Å². The topological polar surface area (TPSA) is 75.1 Å². The molecule has 0 fully saturated rings. The van der Waals surface area contributed by atoms with E-state index in [9.17, 15) is 9.90 Å². The van der Waals surface area contributed by atoms with Crippen molar-refractivity contribution in [1.29, 1.82) is 0 Å². The Hall–Kier alpha value is -2.43. The van der Waals surface area contributed by atoms with Crippen molar-refractivity contribution in [1.82, 2.24) is 9.97 Å². The molecule has 5 nitrogen and oxygen atoms in total. The van der Waals surface area contributed by atoms with E-state index < -0.39 is 12.0 Å². The minimum absolute atomic E-state index is 0.0324. The predicted molar refractivity (Wildman–Crippen MR) is 81.2 cm³/mol. The summed E-state index contributed by atoms with van der Waals surface area (Å²) in [5.74, 6) is 0.291. The zero-order valence-corrected chi connectivity index (χ0v) is 12.2. The lowest BCUT2D eigenvalue weighted by Gasteiger charge is -2.18. The molecule has 2 aromatic rings. The number of anilines is 1. The molecule has 0 aliphatic rings. The van der Waals surface area contributed by atoms with Gasteiger partial charge in [-0.05, 0) is 17.5 Å². The van der Waals surface area contributed by atoms with Crippen LogP contribution in [0.2, 0.25) is 0 Å². The first-order valence-corrected chi connectivity index (χ1v) is 6.91. The van der Waals surface area contributed by atoms with Gasteiger partial charge < -0.3 is 10.4 Å². The quantitative estimate of drug-likeness (QED) is 0.853. The lowest BCUT2D eigenvalue weighted by molar-refractivity contribution is -0.138. The van der Waals surface area contributed by atoms with E-state index in [4.69, 9.17) is 0 Å². The van der Waals surface area contributed by atoms with E-state index in [0.29, 0.717) is 18.1 Å². The summed E-state index contributed by atoms with van der Waals surface area (Å²) in [4.78, 5) is 19.8. The zero-order valence-electron chi connectivity index (χ0n) is 12.2. The Balaban J connectivity index is 2.12. The van der Waals surface area contributed by atoms with Gasteiger partial charge >= 0.3 is 5.97 Å². The van der Waals surface area contributed by atoms with Crippen molar-refractivity contribution >= 4 is 11.8 Å². The van der Waals surface area contributed by atoms with Gasteiger partial charge in [-0.1, -0.05) is 44.2 Å². The number of carbonyl (C=O) groups is 1. The van der Waals surface area contributed by atoms with Crippen molar-refractivity contribution in [3.63, 3.8) is 0 Å². The number of benzene rings is 1. The molecule has 1 heterocycles. The molecule has 110 valence electrons. The molecule has 2 rings (SSSR count). The molecule has 0 bridgehead atoms. The number of aliphatic carboxylic acids is 1. The third kappa shape index (κ3) is 4.27. The van der Waals surface area contributed by atoms with E-state index in [1.165, 1.54) is 0 Å². The molecule has 1 aromatic carbocycles. The maximum absolute atomic E-state index is 11.2. The highest BCUT2D eigenvalue weighted by Crippen LogP contribution is 2.12. The van der Waals surface area contributed by atoms with E-state index >= 15 is 0 Å². The molecule has 0 radical (unpaired) electrons. The first-order chi connectivity index (χ1) is 10.1. The van der Waals surface area contributed by atoms with Gasteiger partial charge in [-0.3, -0.25) is 0 Å². The van der Waals surface area contributed by atoms with Crippen LogP contribution in [0.1, 0.15) is 25.2 Å². The second kappa shape index (κ2) is 6.83. The highest BCUT2D eigenvalue weighted by atomic mass is 16.4. The second-order valence-corrected chi connectivity index (χ2v) is 5.22. The highest BCUT2D eigenvalue weighted by molar-refractivity contribution is 5.77. The number of rotatable bonds is 6.